The molecule has 2 aliphatic carbocycles. The monoisotopic (exact) mass is 271 g/mol. The van der Waals surface area contributed by atoms with E-state index in [0.717, 1.165) is 18.3 Å². The van der Waals surface area contributed by atoms with Crippen molar-refractivity contribution in [2.45, 2.75) is 75.3 Å². The van der Waals surface area contributed by atoms with E-state index < -0.39 is 10.8 Å². The van der Waals surface area contributed by atoms with E-state index >= 15 is 0 Å². The molecule has 18 heavy (non-hydrogen) atoms. The molecule has 0 saturated heterocycles. The van der Waals surface area contributed by atoms with Gasteiger partial charge in [-0.15, -0.1) is 0 Å². The van der Waals surface area contributed by atoms with Gasteiger partial charge in [0, 0.05) is 22.1 Å². The summed E-state index contributed by atoms with van der Waals surface area (Å²) in [6, 6.07) is 0.485. The molecule has 2 aliphatic rings. The lowest BCUT2D eigenvalue weighted by molar-refractivity contribution is 0.320. The van der Waals surface area contributed by atoms with Crippen LogP contribution in [0.4, 0.5) is 0 Å². The zero-order valence-corrected chi connectivity index (χ0v) is 13.0. The SMILES string of the molecule is CNC1CCC(C)CC1S(=O)C1CCCC(C)C1. The highest BCUT2D eigenvalue weighted by atomic mass is 32.2. The molecule has 106 valence electrons. The van der Waals surface area contributed by atoms with Crippen LogP contribution in [0.25, 0.3) is 0 Å². The van der Waals surface area contributed by atoms with Crippen molar-refractivity contribution in [1.29, 1.82) is 0 Å². The summed E-state index contributed by atoms with van der Waals surface area (Å²) < 4.78 is 12.9. The highest BCUT2D eigenvalue weighted by Crippen LogP contribution is 2.34. The summed E-state index contributed by atoms with van der Waals surface area (Å²) in [5.74, 6) is 1.53. The van der Waals surface area contributed by atoms with Crippen LogP contribution in [-0.4, -0.2) is 27.8 Å². The molecule has 6 atom stereocenters. The highest BCUT2D eigenvalue weighted by Gasteiger charge is 2.36. The van der Waals surface area contributed by atoms with Crippen LogP contribution >= 0.6 is 0 Å². The minimum atomic E-state index is -0.627. The number of rotatable bonds is 3. The molecule has 0 aromatic rings. The zero-order chi connectivity index (χ0) is 13.1. The average molecular weight is 271 g/mol. The molecule has 0 heterocycles. The van der Waals surface area contributed by atoms with Gasteiger partial charge in [0.1, 0.15) is 0 Å². The van der Waals surface area contributed by atoms with Gasteiger partial charge < -0.3 is 5.32 Å². The van der Waals surface area contributed by atoms with E-state index in [9.17, 15) is 4.21 Å². The Morgan fingerprint density at radius 1 is 1.00 bits per heavy atom. The van der Waals surface area contributed by atoms with Crippen LogP contribution < -0.4 is 5.32 Å². The van der Waals surface area contributed by atoms with E-state index in [2.05, 4.69) is 19.2 Å². The summed E-state index contributed by atoms with van der Waals surface area (Å²) in [7, 11) is 1.41. The normalized spacial score (nSPS) is 43.6. The minimum Gasteiger partial charge on any atom is -0.316 e. The fourth-order valence-corrected chi connectivity index (χ4v) is 6.28. The van der Waals surface area contributed by atoms with Crippen LogP contribution in [0, 0.1) is 11.8 Å². The van der Waals surface area contributed by atoms with Crippen LogP contribution in [-0.2, 0) is 10.8 Å². The van der Waals surface area contributed by atoms with Crippen LogP contribution in [0.5, 0.6) is 0 Å². The third-order valence-corrected chi connectivity index (χ3v) is 7.14. The van der Waals surface area contributed by atoms with Crippen LogP contribution in [0.1, 0.15) is 58.8 Å². The first kappa shape index (κ1) is 14.5. The molecule has 6 unspecified atom stereocenters. The zero-order valence-electron chi connectivity index (χ0n) is 12.2. The maximum atomic E-state index is 12.9. The number of hydrogen-bond acceptors (Lipinski definition) is 2. The Hall–Kier alpha value is 0.110. The van der Waals surface area contributed by atoms with Crippen molar-refractivity contribution < 1.29 is 4.21 Å². The molecular formula is C15H29NOS. The van der Waals surface area contributed by atoms with Gasteiger partial charge in [0.25, 0.3) is 0 Å². The van der Waals surface area contributed by atoms with Crippen molar-refractivity contribution >= 4 is 10.8 Å². The Morgan fingerprint density at radius 2 is 1.72 bits per heavy atom. The molecule has 0 bridgehead atoms. The minimum absolute atomic E-state index is 0.397. The van der Waals surface area contributed by atoms with Gasteiger partial charge in [0.2, 0.25) is 0 Å². The van der Waals surface area contributed by atoms with Crippen molar-refractivity contribution in [3.8, 4) is 0 Å². The van der Waals surface area contributed by atoms with Gasteiger partial charge in [-0.1, -0.05) is 26.7 Å². The Bertz CT molecular complexity index is 294. The van der Waals surface area contributed by atoms with Crippen LogP contribution in [0.3, 0.4) is 0 Å². The van der Waals surface area contributed by atoms with Gasteiger partial charge in [0.15, 0.2) is 0 Å². The predicted molar refractivity (Wildman–Crippen MR) is 79.2 cm³/mol. The van der Waals surface area contributed by atoms with E-state index in [0.29, 0.717) is 16.5 Å². The largest absolute Gasteiger partial charge is 0.316 e. The Morgan fingerprint density at radius 3 is 2.39 bits per heavy atom. The Kier molecular flexibility index (Phi) is 5.25. The Balaban J connectivity index is 2.00. The molecule has 2 fully saturated rings. The smallest absolute Gasteiger partial charge is 0.0506 e. The second-order valence-electron chi connectivity index (χ2n) is 6.57. The van der Waals surface area contributed by atoms with Gasteiger partial charge in [-0.3, -0.25) is 4.21 Å². The second-order valence-corrected chi connectivity index (χ2v) is 8.50. The number of hydrogen-bond donors (Lipinski definition) is 1. The number of nitrogens with one attached hydrogen (secondary N) is 1. The van der Waals surface area contributed by atoms with Crippen molar-refractivity contribution in [1.82, 2.24) is 5.32 Å². The van der Waals surface area contributed by atoms with E-state index in [1.807, 2.05) is 7.05 Å². The van der Waals surface area contributed by atoms with Gasteiger partial charge in [0.05, 0.1) is 5.25 Å². The van der Waals surface area contributed by atoms with Crippen LogP contribution in [0.15, 0.2) is 0 Å². The summed E-state index contributed by atoms with van der Waals surface area (Å²) in [5.41, 5.74) is 0. The first-order valence-electron chi connectivity index (χ1n) is 7.68. The molecule has 0 amide bonds. The lowest BCUT2D eigenvalue weighted by Crippen LogP contribution is -2.47. The third kappa shape index (κ3) is 3.36. The van der Waals surface area contributed by atoms with Crippen molar-refractivity contribution in [2.24, 2.45) is 11.8 Å². The van der Waals surface area contributed by atoms with Gasteiger partial charge in [-0.25, -0.2) is 0 Å². The summed E-state index contributed by atoms with van der Waals surface area (Å²) in [6.45, 7) is 4.64. The molecule has 0 aliphatic heterocycles. The lowest BCUT2D eigenvalue weighted by atomic mass is 9.87. The molecule has 0 spiro atoms. The molecule has 2 rings (SSSR count). The standard InChI is InChI=1S/C15H29NOS/c1-11-5-4-6-13(9-11)18(17)15-10-12(2)7-8-14(15)16-3/h11-16H,4-10H2,1-3H3. The highest BCUT2D eigenvalue weighted by molar-refractivity contribution is 7.86. The molecular weight excluding hydrogens is 242 g/mol. The molecule has 2 nitrogen and oxygen atoms in total. The maximum Gasteiger partial charge on any atom is 0.0506 e. The summed E-state index contributed by atoms with van der Waals surface area (Å²) in [5, 5.41) is 4.28. The molecule has 0 aromatic carbocycles. The van der Waals surface area contributed by atoms with E-state index in [1.165, 1.54) is 38.5 Å². The van der Waals surface area contributed by atoms with Gasteiger partial charge in [-0.2, -0.15) is 0 Å². The first-order valence-corrected chi connectivity index (χ1v) is 8.96. The lowest BCUT2D eigenvalue weighted by Gasteiger charge is -2.37. The van der Waals surface area contributed by atoms with Gasteiger partial charge >= 0.3 is 0 Å². The van der Waals surface area contributed by atoms with E-state index in [4.69, 9.17) is 0 Å². The summed E-state index contributed by atoms with van der Waals surface area (Å²) >= 11 is 0. The summed E-state index contributed by atoms with van der Waals surface area (Å²) in [4.78, 5) is 0. The van der Waals surface area contributed by atoms with E-state index in [-0.39, 0.29) is 0 Å². The fraction of sp³-hybridized carbons (Fsp3) is 1.00. The average Bonchev–Trinajstić information content (AvgIpc) is 2.38. The second kappa shape index (κ2) is 6.51. The van der Waals surface area contributed by atoms with E-state index in [1.54, 1.807) is 0 Å². The first-order chi connectivity index (χ1) is 8.61. The van der Waals surface area contributed by atoms with Crippen LogP contribution in [0.2, 0.25) is 0 Å². The molecule has 0 radical (unpaired) electrons. The van der Waals surface area contributed by atoms with Crippen molar-refractivity contribution in [2.75, 3.05) is 7.05 Å². The third-order valence-electron chi connectivity index (χ3n) is 4.94. The fourth-order valence-electron chi connectivity index (χ4n) is 3.75. The molecule has 2 saturated carbocycles. The molecule has 1 N–H and O–H groups in total. The molecule has 0 aromatic heterocycles. The summed E-state index contributed by atoms with van der Waals surface area (Å²) in [6.07, 6.45) is 8.65. The van der Waals surface area contributed by atoms with Gasteiger partial charge in [-0.05, 0) is 51.0 Å². The quantitative estimate of drug-likeness (QED) is 0.854. The predicted octanol–water partition coefficient (Wildman–Crippen LogP) is 3.09. The Labute approximate surface area is 115 Å². The topological polar surface area (TPSA) is 29.1 Å². The maximum absolute atomic E-state index is 12.9. The van der Waals surface area contributed by atoms with Crippen molar-refractivity contribution in [3.05, 3.63) is 0 Å². The molecule has 3 heteroatoms. The van der Waals surface area contributed by atoms with Crippen molar-refractivity contribution in [3.63, 3.8) is 0 Å².